The van der Waals surface area contributed by atoms with Gasteiger partial charge in [-0.25, -0.2) is 0 Å². The Kier molecular flexibility index (Phi) is 5360. The average molecular weight is 752 g/mol. The largest absolute Gasteiger partial charge is 5.00 e. The van der Waals surface area contributed by atoms with Crippen LogP contribution in [0.4, 0.5) is 0 Å². The van der Waals surface area contributed by atoms with Crippen LogP contribution in [0.1, 0.15) is 0 Å². The van der Waals surface area contributed by atoms with Crippen LogP contribution < -0.4 is 186 Å². The van der Waals surface area contributed by atoms with E-state index in [9.17, 15) is 0 Å². The van der Waals surface area contributed by atoms with Gasteiger partial charge in [-0.1, -0.05) is 0 Å². The molecule has 0 fully saturated rings. The summed E-state index contributed by atoms with van der Waals surface area (Å²) in [6.07, 6.45) is 0. The second kappa shape index (κ2) is 300. The summed E-state index contributed by atoms with van der Waals surface area (Å²) in [6, 6.07) is 0. The zero-order chi connectivity index (χ0) is 0. The van der Waals surface area contributed by atoms with E-state index in [1.807, 2.05) is 0 Å². The van der Waals surface area contributed by atoms with Gasteiger partial charge in [-0.05, 0) is 0 Å². The molecule has 0 amide bonds. The van der Waals surface area contributed by atoms with Crippen molar-refractivity contribution in [1.82, 2.24) is 0 Å². The summed E-state index contributed by atoms with van der Waals surface area (Å²) >= 11 is 0. The molecule has 0 nitrogen and oxygen atoms in total. The molecular formula is AlCl15CrNbTi. The molecule has 0 saturated heterocycles. The summed E-state index contributed by atoms with van der Waals surface area (Å²) in [4.78, 5) is 0. The van der Waals surface area contributed by atoms with E-state index in [0.717, 1.165) is 0 Å². The van der Waals surface area contributed by atoms with Crippen LogP contribution in [-0.4, -0.2) is 17.4 Å². The maximum Gasteiger partial charge on any atom is 5.00 e. The molecule has 0 aliphatic rings. The zero-order valence-corrected chi connectivity index (χ0v) is 25.1. The van der Waals surface area contributed by atoms with Gasteiger partial charge in [0.05, 0.1) is 0 Å². The molecule has 0 aromatic carbocycles. The molecule has 0 bridgehead atoms. The fraction of sp³-hybridized carbons (Fsp3) is 0. The van der Waals surface area contributed by atoms with Gasteiger partial charge >= 0.3 is 78.8 Å². The first-order valence-corrected chi connectivity index (χ1v) is 0. The zero-order valence-electron chi connectivity index (χ0n) is 7.60. The van der Waals surface area contributed by atoms with E-state index in [2.05, 4.69) is 0 Å². The quantitative estimate of drug-likeness (QED) is 0.216. The van der Waals surface area contributed by atoms with E-state index >= 15 is 0 Å². The molecule has 0 saturated carbocycles. The summed E-state index contributed by atoms with van der Waals surface area (Å²) < 4.78 is 0. The van der Waals surface area contributed by atoms with Gasteiger partial charge in [0.1, 0.15) is 0 Å². The maximum atomic E-state index is 0. The molecule has 0 spiro atoms. The van der Waals surface area contributed by atoms with Gasteiger partial charge in [-0.2, -0.15) is 0 Å². The molecule has 123 valence electrons. The third kappa shape index (κ3) is 276. The fourth-order valence-corrected chi connectivity index (χ4v) is 0. The minimum Gasteiger partial charge on any atom is -1.00 e. The molecule has 19 heteroatoms. The minimum atomic E-state index is 0. The van der Waals surface area contributed by atoms with Crippen molar-refractivity contribution in [2.45, 2.75) is 0 Å². The van der Waals surface area contributed by atoms with E-state index in [1.54, 1.807) is 0 Å². The molecule has 0 rings (SSSR count). The third-order valence-corrected chi connectivity index (χ3v) is 0. The van der Waals surface area contributed by atoms with Crippen molar-refractivity contribution in [1.29, 1.82) is 0 Å². The summed E-state index contributed by atoms with van der Waals surface area (Å²) in [6.45, 7) is 0. The molecular weight excluding hydrogens is 752 g/mol. The SMILES string of the molecule is [Al+3].[Cl-].[Cl-].[Cl-].[Cl-].[Cl-].[Cl-].[Cl-].[Cl-].[Cl-].[Cl-].[Cl-].[Cl-].[Cl-].[Cl-].[Cl-].[Cr+3].[Nb+5].[Ti+4]. The van der Waals surface area contributed by atoms with Crippen molar-refractivity contribution in [3.63, 3.8) is 0 Å². The third-order valence-electron chi connectivity index (χ3n) is 0. The first kappa shape index (κ1) is 339. The maximum absolute atomic E-state index is 0. The Morgan fingerprint density at radius 3 is 0.263 bits per heavy atom. The van der Waals surface area contributed by atoms with E-state index in [-0.39, 0.29) is 265 Å². The second-order valence-electron chi connectivity index (χ2n) is 0. The summed E-state index contributed by atoms with van der Waals surface area (Å²) in [5.74, 6) is 0. The molecule has 0 N–H and O–H groups in total. The molecule has 0 unspecified atom stereocenters. The normalized spacial score (nSPS) is 0. The van der Waals surface area contributed by atoms with Crippen LogP contribution in [0.15, 0.2) is 0 Å². The van der Waals surface area contributed by atoms with Gasteiger partial charge in [-0.3, -0.25) is 0 Å². The smallest absolute Gasteiger partial charge is 1.00 e. The number of rotatable bonds is 0. The van der Waals surface area contributed by atoms with Crippen LogP contribution in [0, 0.1) is 0 Å². The first-order valence-electron chi connectivity index (χ1n) is 0. The molecule has 0 aromatic rings. The molecule has 0 atom stereocenters. The molecule has 0 heterocycles. The predicted octanol–water partition coefficient (Wildman–Crippen LogP) is -45.3. The molecule has 0 aliphatic heterocycles. The van der Waals surface area contributed by atoms with Gasteiger partial charge < -0.3 is 186 Å². The summed E-state index contributed by atoms with van der Waals surface area (Å²) in [5.41, 5.74) is 0. The van der Waals surface area contributed by atoms with E-state index in [4.69, 9.17) is 0 Å². The van der Waals surface area contributed by atoms with Gasteiger partial charge in [0.15, 0.2) is 0 Å². The summed E-state index contributed by atoms with van der Waals surface area (Å²) in [7, 11) is 0. The molecule has 0 aromatic heterocycles. The Hall–Kier alpha value is 6.87. The van der Waals surface area contributed by atoms with Gasteiger partial charge in [0.25, 0.3) is 0 Å². The number of hydrogen-bond acceptors (Lipinski definition) is 0. The van der Waals surface area contributed by atoms with Crippen LogP contribution >= 0.6 is 0 Å². The summed E-state index contributed by atoms with van der Waals surface area (Å²) in [5, 5.41) is 0. The van der Waals surface area contributed by atoms with Crippen LogP contribution in [0.5, 0.6) is 0 Å². The second-order valence-corrected chi connectivity index (χ2v) is 0. The Morgan fingerprint density at radius 1 is 0.263 bits per heavy atom. The van der Waals surface area contributed by atoms with Crippen LogP contribution in [-0.2, 0) is 61.5 Å². The van der Waals surface area contributed by atoms with Gasteiger partial charge in [-0.15, -0.1) is 0 Å². The van der Waals surface area contributed by atoms with Crippen molar-refractivity contribution < 1.29 is 248 Å². The van der Waals surface area contributed by atoms with E-state index in [0.29, 0.717) is 0 Å². The topological polar surface area (TPSA) is 0 Å². The van der Waals surface area contributed by atoms with Gasteiger partial charge in [0, 0.05) is 0 Å². The van der Waals surface area contributed by atoms with Crippen molar-refractivity contribution in [3.05, 3.63) is 0 Å². The van der Waals surface area contributed by atoms with Crippen molar-refractivity contribution >= 4 is 17.4 Å². The standard InChI is InChI=1S/Al.15ClH.Cr.Nb.Ti/h;15*1H;;;/q+3;;;;;;;;;;;;;;;;+3;+5;+4/p-15. The molecule has 19 heavy (non-hydrogen) atoms. The number of halogens is 15. The Bertz CT molecular complexity index is 22.1. The predicted molar refractivity (Wildman–Crippen MR) is 5.75 cm³/mol. The van der Waals surface area contributed by atoms with Gasteiger partial charge in [0.2, 0.25) is 0 Å². The number of hydrogen-bond donors (Lipinski definition) is 0. The van der Waals surface area contributed by atoms with Crippen molar-refractivity contribution in [2.75, 3.05) is 0 Å². The average Bonchev–Trinajstić information content (AvgIpc) is 0. The minimum absolute atomic E-state index is 0. The molecule has 0 aliphatic carbocycles. The monoisotopic (exact) mass is 744 g/mol. The first-order chi connectivity index (χ1) is 0. The van der Waals surface area contributed by atoms with Crippen LogP contribution in [0.25, 0.3) is 0 Å². The van der Waals surface area contributed by atoms with Crippen molar-refractivity contribution in [2.24, 2.45) is 0 Å². The Labute approximate surface area is 260 Å². The fourth-order valence-electron chi connectivity index (χ4n) is 0. The van der Waals surface area contributed by atoms with Crippen LogP contribution in [0.2, 0.25) is 0 Å². The van der Waals surface area contributed by atoms with Crippen molar-refractivity contribution in [3.8, 4) is 0 Å². The Morgan fingerprint density at radius 2 is 0.263 bits per heavy atom. The molecule has 1 radical (unpaired) electrons. The Balaban J connectivity index is 0. The van der Waals surface area contributed by atoms with Crippen LogP contribution in [0.3, 0.4) is 0 Å². The van der Waals surface area contributed by atoms with E-state index < -0.39 is 0 Å². The van der Waals surface area contributed by atoms with E-state index in [1.165, 1.54) is 0 Å².